The maximum atomic E-state index is 9.20. The zero-order valence-electron chi connectivity index (χ0n) is 12.9. The van der Waals surface area contributed by atoms with Gasteiger partial charge in [-0.1, -0.05) is 0 Å². The molecule has 0 aliphatic carbocycles. The van der Waals surface area contributed by atoms with E-state index in [4.69, 9.17) is 4.74 Å². The first-order valence-corrected chi connectivity index (χ1v) is 7.19. The Hall–Kier alpha value is -1.40. The molecule has 1 rings (SSSR count). The highest BCUT2D eigenvalue weighted by Crippen LogP contribution is 2.18. The van der Waals surface area contributed by atoms with Gasteiger partial charge >= 0.3 is 0 Å². The average Bonchev–Trinajstić information content (AvgIpc) is 2.42. The number of nitrogens with zero attached hydrogens (tertiary/aromatic N) is 3. The van der Waals surface area contributed by atoms with E-state index in [0.29, 0.717) is 25.6 Å². The third kappa shape index (κ3) is 4.94. The third-order valence-electron chi connectivity index (χ3n) is 2.81. The van der Waals surface area contributed by atoms with Crippen LogP contribution in [0.5, 0.6) is 0 Å². The second-order valence-electron chi connectivity index (χ2n) is 4.71. The highest BCUT2D eigenvalue weighted by Gasteiger charge is 2.14. The fourth-order valence-corrected chi connectivity index (χ4v) is 1.90. The number of aliphatic hydroxyl groups is 1. The largest absolute Gasteiger partial charge is 0.395 e. The normalized spacial score (nSPS) is 10.9. The van der Waals surface area contributed by atoms with Crippen molar-refractivity contribution < 1.29 is 9.84 Å². The van der Waals surface area contributed by atoms with Crippen molar-refractivity contribution in [2.24, 2.45) is 0 Å². The van der Waals surface area contributed by atoms with E-state index in [1.54, 1.807) is 0 Å². The predicted molar refractivity (Wildman–Crippen MR) is 81.1 cm³/mol. The fourth-order valence-electron chi connectivity index (χ4n) is 1.90. The van der Waals surface area contributed by atoms with Crippen LogP contribution < -0.4 is 10.2 Å². The van der Waals surface area contributed by atoms with Gasteiger partial charge in [-0.2, -0.15) is 0 Å². The number of aromatic nitrogens is 2. The minimum atomic E-state index is 0.0967. The van der Waals surface area contributed by atoms with Crippen molar-refractivity contribution in [2.75, 3.05) is 36.5 Å². The molecule has 0 radical (unpaired) electrons. The Labute approximate surface area is 121 Å². The van der Waals surface area contributed by atoms with Crippen molar-refractivity contribution in [1.29, 1.82) is 0 Å². The number of anilines is 2. The lowest BCUT2D eigenvalue weighted by Gasteiger charge is -2.27. The monoisotopic (exact) mass is 282 g/mol. The minimum absolute atomic E-state index is 0.0967. The van der Waals surface area contributed by atoms with Crippen molar-refractivity contribution in [2.45, 2.75) is 40.3 Å². The first-order chi connectivity index (χ1) is 9.62. The van der Waals surface area contributed by atoms with Crippen LogP contribution >= 0.6 is 0 Å². The van der Waals surface area contributed by atoms with E-state index in [9.17, 15) is 5.11 Å². The van der Waals surface area contributed by atoms with Crippen LogP contribution in [0.4, 0.5) is 11.6 Å². The van der Waals surface area contributed by atoms with E-state index < -0.39 is 0 Å². The molecule has 1 aromatic rings. The molecular formula is C14H26N4O2. The third-order valence-corrected chi connectivity index (χ3v) is 2.81. The summed E-state index contributed by atoms with van der Waals surface area (Å²) < 4.78 is 5.39. The van der Waals surface area contributed by atoms with Gasteiger partial charge in [0.15, 0.2) is 5.82 Å². The summed E-state index contributed by atoms with van der Waals surface area (Å²) in [5.41, 5.74) is 0. The molecule has 0 bridgehead atoms. The van der Waals surface area contributed by atoms with E-state index in [1.807, 2.05) is 19.9 Å². The molecule has 20 heavy (non-hydrogen) atoms. The molecule has 0 unspecified atom stereocenters. The molecule has 1 aromatic heterocycles. The number of aliphatic hydroxyl groups excluding tert-OH is 1. The maximum Gasteiger partial charge on any atom is 0.158 e. The fraction of sp³-hybridized carbons (Fsp3) is 0.714. The highest BCUT2D eigenvalue weighted by molar-refractivity contribution is 5.50. The Bertz CT molecular complexity index is 399. The Morgan fingerprint density at radius 3 is 2.65 bits per heavy atom. The number of nitrogens with one attached hydrogen (secondary N) is 1. The summed E-state index contributed by atoms with van der Waals surface area (Å²) in [6, 6.07) is 2.17. The molecule has 0 atom stereocenters. The van der Waals surface area contributed by atoms with Crippen LogP contribution in [0.3, 0.4) is 0 Å². The van der Waals surface area contributed by atoms with Crippen molar-refractivity contribution in [1.82, 2.24) is 9.97 Å². The second kappa shape index (κ2) is 8.71. The highest BCUT2D eigenvalue weighted by atomic mass is 16.5. The first kappa shape index (κ1) is 16.7. The molecule has 0 saturated carbocycles. The van der Waals surface area contributed by atoms with Crippen LogP contribution in [0, 0.1) is 0 Å². The predicted octanol–water partition coefficient (Wildman–Crippen LogP) is 1.65. The Morgan fingerprint density at radius 1 is 1.35 bits per heavy atom. The number of rotatable bonds is 9. The summed E-state index contributed by atoms with van der Waals surface area (Å²) in [4.78, 5) is 11.0. The summed E-state index contributed by atoms with van der Waals surface area (Å²) >= 11 is 0. The standard InChI is InChI=1S/C14H26N4O2/c1-5-15-12-9-14(18(7-8-19)11(3)4)17-13(16-12)10-20-6-2/h9,11,19H,5-8,10H2,1-4H3,(H,15,16,17). The molecule has 1 heterocycles. The summed E-state index contributed by atoms with van der Waals surface area (Å²) in [5, 5.41) is 12.4. The van der Waals surface area contributed by atoms with Gasteiger partial charge in [0.05, 0.1) is 6.61 Å². The lowest BCUT2D eigenvalue weighted by Crippen LogP contribution is -2.34. The van der Waals surface area contributed by atoms with Gasteiger partial charge in [-0.25, -0.2) is 9.97 Å². The van der Waals surface area contributed by atoms with Crippen LogP contribution in [-0.2, 0) is 11.3 Å². The lowest BCUT2D eigenvalue weighted by atomic mass is 10.3. The molecule has 0 aromatic carbocycles. The molecule has 0 spiro atoms. The summed E-state index contributed by atoms with van der Waals surface area (Å²) in [5.74, 6) is 2.26. The van der Waals surface area contributed by atoms with Gasteiger partial charge in [0.2, 0.25) is 0 Å². The molecule has 6 nitrogen and oxygen atoms in total. The van der Waals surface area contributed by atoms with Gasteiger partial charge in [0.25, 0.3) is 0 Å². The van der Waals surface area contributed by atoms with E-state index in [2.05, 4.69) is 34.0 Å². The van der Waals surface area contributed by atoms with Crippen LogP contribution in [0.1, 0.15) is 33.5 Å². The molecule has 0 aliphatic rings. The maximum absolute atomic E-state index is 9.20. The van der Waals surface area contributed by atoms with Crippen molar-refractivity contribution in [3.63, 3.8) is 0 Å². The molecule has 0 fully saturated rings. The van der Waals surface area contributed by atoms with Gasteiger partial charge < -0.3 is 20.1 Å². The van der Waals surface area contributed by atoms with Gasteiger partial charge in [-0.05, 0) is 27.7 Å². The number of hydrogen-bond acceptors (Lipinski definition) is 6. The summed E-state index contributed by atoms with van der Waals surface area (Å²) in [6.45, 7) is 10.6. The van der Waals surface area contributed by atoms with E-state index in [1.165, 1.54) is 0 Å². The Kier molecular flexibility index (Phi) is 7.25. The molecule has 114 valence electrons. The molecular weight excluding hydrogens is 256 g/mol. The average molecular weight is 282 g/mol. The van der Waals surface area contributed by atoms with Gasteiger partial charge in [0.1, 0.15) is 18.2 Å². The van der Waals surface area contributed by atoms with Gasteiger partial charge in [-0.3, -0.25) is 0 Å². The van der Waals surface area contributed by atoms with Crippen LogP contribution in [0.15, 0.2) is 6.07 Å². The zero-order chi connectivity index (χ0) is 15.0. The van der Waals surface area contributed by atoms with Crippen LogP contribution in [-0.4, -0.2) is 47.4 Å². The first-order valence-electron chi connectivity index (χ1n) is 7.19. The van der Waals surface area contributed by atoms with Crippen molar-refractivity contribution in [3.8, 4) is 0 Å². The molecule has 0 amide bonds. The Morgan fingerprint density at radius 2 is 2.10 bits per heavy atom. The molecule has 0 saturated heterocycles. The SMILES string of the molecule is CCNc1cc(N(CCO)C(C)C)nc(COCC)n1. The van der Waals surface area contributed by atoms with Gasteiger partial charge in [0, 0.05) is 31.8 Å². The van der Waals surface area contributed by atoms with E-state index in [0.717, 1.165) is 18.2 Å². The zero-order valence-corrected chi connectivity index (χ0v) is 12.9. The number of hydrogen-bond donors (Lipinski definition) is 2. The minimum Gasteiger partial charge on any atom is -0.395 e. The summed E-state index contributed by atoms with van der Waals surface area (Å²) in [6.07, 6.45) is 0. The molecule has 6 heteroatoms. The second-order valence-corrected chi connectivity index (χ2v) is 4.71. The molecule has 0 aliphatic heterocycles. The summed E-state index contributed by atoms with van der Waals surface area (Å²) in [7, 11) is 0. The van der Waals surface area contributed by atoms with Gasteiger partial charge in [-0.15, -0.1) is 0 Å². The Balaban J connectivity index is 3.04. The quantitative estimate of drug-likeness (QED) is 0.717. The topological polar surface area (TPSA) is 70.5 Å². The van der Waals surface area contributed by atoms with Crippen LogP contribution in [0.2, 0.25) is 0 Å². The number of ether oxygens (including phenoxy) is 1. The van der Waals surface area contributed by atoms with Crippen molar-refractivity contribution in [3.05, 3.63) is 11.9 Å². The molecule has 2 N–H and O–H groups in total. The lowest BCUT2D eigenvalue weighted by molar-refractivity contribution is 0.128. The van der Waals surface area contributed by atoms with E-state index >= 15 is 0 Å². The van der Waals surface area contributed by atoms with E-state index in [-0.39, 0.29) is 12.6 Å². The van der Waals surface area contributed by atoms with Crippen LogP contribution in [0.25, 0.3) is 0 Å². The van der Waals surface area contributed by atoms with Crippen molar-refractivity contribution >= 4 is 11.6 Å². The smallest absolute Gasteiger partial charge is 0.158 e.